The Morgan fingerprint density at radius 1 is 0.952 bits per heavy atom. The van der Waals surface area contributed by atoms with Crippen LogP contribution in [0.3, 0.4) is 0 Å². The van der Waals surface area contributed by atoms with Crippen molar-refractivity contribution in [1.82, 2.24) is 0 Å². The molecular weight excluding hydrogens is 268 g/mol. The Hall–Kier alpha value is -2.20. The average Bonchev–Trinajstić information content (AvgIpc) is 2.52. The minimum absolute atomic E-state index is 0.416. The van der Waals surface area contributed by atoms with Crippen molar-refractivity contribution in [1.29, 1.82) is 0 Å². The summed E-state index contributed by atoms with van der Waals surface area (Å²) in [7, 11) is 1.61. The second-order valence-corrected chi connectivity index (χ2v) is 4.60. The van der Waals surface area contributed by atoms with Crippen LogP contribution in [0.2, 0.25) is 0 Å². The van der Waals surface area contributed by atoms with E-state index < -0.39 is 6.10 Å². The molecule has 0 saturated heterocycles. The fraction of sp³-hybridized carbons (Fsp3) is 0.294. The predicted molar refractivity (Wildman–Crippen MR) is 81.1 cm³/mol. The number of aliphatic hydroxyl groups excluding tert-OH is 1. The first-order valence-corrected chi connectivity index (χ1v) is 6.87. The standard InChI is InChI=1S/C17H20O4/c1-13(18)14-6-5-7-15(12-14)20-10-11-21-17-9-4-3-8-16(17)19-2/h3-9,12-13,18H,10-11H2,1-2H3. The second-order valence-electron chi connectivity index (χ2n) is 4.60. The Morgan fingerprint density at radius 3 is 2.38 bits per heavy atom. The van der Waals surface area contributed by atoms with Crippen molar-refractivity contribution in [3.63, 3.8) is 0 Å². The number of rotatable bonds is 7. The molecule has 0 aliphatic carbocycles. The second kappa shape index (κ2) is 7.55. The van der Waals surface area contributed by atoms with Crippen molar-refractivity contribution in [2.24, 2.45) is 0 Å². The van der Waals surface area contributed by atoms with Crippen LogP contribution < -0.4 is 14.2 Å². The van der Waals surface area contributed by atoms with E-state index in [0.29, 0.717) is 24.7 Å². The summed E-state index contributed by atoms with van der Waals surface area (Å²) in [5, 5.41) is 9.53. The first-order chi connectivity index (χ1) is 10.2. The molecule has 1 unspecified atom stereocenters. The van der Waals surface area contributed by atoms with Crippen molar-refractivity contribution >= 4 is 0 Å². The average molecular weight is 288 g/mol. The van der Waals surface area contributed by atoms with E-state index >= 15 is 0 Å². The molecule has 1 N–H and O–H groups in total. The maximum absolute atomic E-state index is 9.53. The highest BCUT2D eigenvalue weighted by Gasteiger charge is 2.04. The van der Waals surface area contributed by atoms with Crippen molar-refractivity contribution in [2.45, 2.75) is 13.0 Å². The minimum atomic E-state index is -0.502. The van der Waals surface area contributed by atoms with Crippen LogP contribution in [0.25, 0.3) is 0 Å². The highest BCUT2D eigenvalue weighted by Crippen LogP contribution is 2.25. The summed E-state index contributed by atoms with van der Waals surface area (Å²) in [6.45, 7) is 2.56. The number of ether oxygens (including phenoxy) is 3. The van der Waals surface area contributed by atoms with Crippen LogP contribution in [-0.2, 0) is 0 Å². The zero-order chi connectivity index (χ0) is 15.1. The van der Waals surface area contributed by atoms with E-state index in [0.717, 1.165) is 11.3 Å². The van der Waals surface area contributed by atoms with Gasteiger partial charge >= 0.3 is 0 Å². The van der Waals surface area contributed by atoms with Gasteiger partial charge in [-0.05, 0) is 36.8 Å². The number of benzene rings is 2. The van der Waals surface area contributed by atoms with Crippen LogP contribution in [0, 0.1) is 0 Å². The van der Waals surface area contributed by atoms with E-state index in [9.17, 15) is 5.11 Å². The third kappa shape index (κ3) is 4.39. The maximum atomic E-state index is 9.53. The molecule has 1 atom stereocenters. The molecule has 112 valence electrons. The monoisotopic (exact) mass is 288 g/mol. The summed E-state index contributed by atoms with van der Waals surface area (Å²) >= 11 is 0. The molecule has 0 amide bonds. The van der Waals surface area contributed by atoms with Crippen LogP contribution >= 0.6 is 0 Å². The van der Waals surface area contributed by atoms with Gasteiger partial charge in [0, 0.05) is 0 Å². The van der Waals surface area contributed by atoms with E-state index in [2.05, 4.69) is 0 Å². The largest absolute Gasteiger partial charge is 0.493 e. The van der Waals surface area contributed by atoms with Gasteiger partial charge in [-0.2, -0.15) is 0 Å². The van der Waals surface area contributed by atoms with Crippen molar-refractivity contribution in [3.8, 4) is 17.2 Å². The number of hydrogen-bond donors (Lipinski definition) is 1. The van der Waals surface area contributed by atoms with E-state index in [1.54, 1.807) is 14.0 Å². The van der Waals surface area contributed by atoms with Gasteiger partial charge in [0.1, 0.15) is 19.0 Å². The summed E-state index contributed by atoms with van der Waals surface area (Å²) < 4.78 is 16.5. The highest BCUT2D eigenvalue weighted by atomic mass is 16.5. The SMILES string of the molecule is COc1ccccc1OCCOc1cccc(C(C)O)c1. The number of hydrogen-bond acceptors (Lipinski definition) is 4. The smallest absolute Gasteiger partial charge is 0.161 e. The van der Waals surface area contributed by atoms with Gasteiger partial charge in [-0.1, -0.05) is 24.3 Å². The van der Waals surface area contributed by atoms with Gasteiger partial charge in [0.25, 0.3) is 0 Å². The van der Waals surface area contributed by atoms with Crippen molar-refractivity contribution < 1.29 is 19.3 Å². The summed E-state index contributed by atoms with van der Waals surface area (Å²) in [4.78, 5) is 0. The molecule has 0 saturated carbocycles. The van der Waals surface area contributed by atoms with Gasteiger partial charge in [-0.15, -0.1) is 0 Å². The third-order valence-corrected chi connectivity index (χ3v) is 3.02. The Kier molecular flexibility index (Phi) is 5.46. The molecule has 0 fully saturated rings. The third-order valence-electron chi connectivity index (χ3n) is 3.02. The van der Waals surface area contributed by atoms with Gasteiger partial charge < -0.3 is 19.3 Å². The quantitative estimate of drug-likeness (QED) is 0.795. The molecule has 0 aliphatic rings. The Balaban J connectivity index is 1.83. The van der Waals surface area contributed by atoms with Gasteiger partial charge in [-0.25, -0.2) is 0 Å². The molecule has 0 aliphatic heterocycles. The lowest BCUT2D eigenvalue weighted by molar-refractivity contribution is 0.196. The Labute approximate surface area is 124 Å². The number of methoxy groups -OCH3 is 1. The molecule has 2 aromatic rings. The minimum Gasteiger partial charge on any atom is -0.493 e. The highest BCUT2D eigenvalue weighted by molar-refractivity contribution is 5.39. The molecule has 0 aromatic heterocycles. The van der Waals surface area contributed by atoms with Gasteiger partial charge in [0.15, 0.2) is 11.5 Å². The van der Waals surface area contributed by atoms with Crippen LogP contribution in [0.15, 0.2) is 48.5 Å². The molecular formula is C17H20O4. The first kappa shape index (κ1) is 15.2. The molecule has 2 aromatic carbocycles. The fourth-order valence-corrected chi connectivity index (χ4v) is 1.91. The van der Waals surface area contributed by atoms with E-state index in [4.69, 9.17) is 14.2 Å². The lowest BCUT2D eigenvalue weighted by atomic mass is 10.1. The lowest BCUT2D eigenvalue weighted by Gasteiger charge is -2.12. The van der Waals surface area contributed by atoms with E-state index in [1.807, 2.05) is 48.5 Å². The Morgan fingerprint density at radius 2 is 1.67 bits per heavy atom. The van der Waals surface area contributed by atoms with E-state index in [-0.39, 0.29) is 0 Å². The molecule has 4 nitrogen and oxygen atoms in total. The summed E-state index contributed by atoms with van der Waals surface area (Å²) in [6, 6.07) is 14.9. The van der Waals surface area contributed by atoms with Crippen molar-refractivity contribution in [2.75, 3.05) is 20.3 Å². The molecule has 4 heteroatoms. The zero-order valence-electron chi connectivity index (χ0n) is 12.3. The molecule has 0 heterocycles. The number of aliphatic hydroxyl groups is 1. The lowest BCUT2D eigenvalue weighted by Crippen LogP contribution is -2.09. The maximum Gasteiger partial charge on any atom is 0.161 e. The van der Waals surface area contributed by atoms with Crippen LogP contribution in [-0.4, -0.2) is 25.4 Å². The zero-order valence-corrected chi connectivity index (χ0v) is 12.3. The van der Waals surface area contributed by atoms with E-state index in [1.165, 1.54) is 0 Å². The first-order valence-electron chi connectivity index (χ1n) is 6.87. The van der Waals surface area contributed by atoms with Gasteiger partial charge in [0.05, 0.1) is 13.2 Å². The molecule has 0 bridgehead atoms. The molecule has 21 heavy (non-hydrogen) atoms. The summed E-state index contributed by atoms with van der Waals surface area (Å²) in [5.74, 6) is 2.12. The normalized spacial score (nSPS) is 11.8. The Bertz CT molecular complexity index is 566. The topological polar surface area (TPSA) is 47.9 Å². The van der Waals surface area contributed by atoms with Gasteiger partial charge in [0.2, 0.25) is 0 Å². The molecule has 2 rings (SSSR count). The van der Waals surface area contributed by atoms with Crippen molar-refractivity contribution in [3.05, 3.63) is 54.1 Å². The van der Waals surface area contributed by atoms with Crippen LogP contribution in [0.5, 0.6) is 17.2 Å². The van der Waals surface area contributed by atoms with Gasteiger partial charge in [-0.3, -0.25) is 0 Å². The molecule has 0 spiro atoms. The van der Waals surface area contributed by atoms with Crippen LogP contribution in [0.1, 0.15) is 18.6 Å². The molecule has 0 radical (unpaired) electrons. The summed E-state index contributed by atoms with van der Waals surface area (Å²) in [5.41, 5.74) is 0.832. The van der Waals surface area contributed by atoms with Crippen LogP contribution in [0.4, 0.5) is 0 Å². The predicted octanol–water partition coefficient (Wildman–Crippen LogP) is 3.21. The summed E-state index contributed by atoms with van der Waals surface area (Å²) in [6.07, 6.45) is -0.502. The number of para-hydroxylation sites is 2. The fourth-order valence-electron chi connectivity index (χ4n) is 1.91.